The highest BCUT2D eigenvalue weighted by Gasteiger charge is 2.29. The normalized spacial score (nSPS) is 14.1. The van der Waals surface area contributed by atoms with Gasteiger partial charge in [-0.25, -0.2) is 4.79 Å². The molecular formula is C30H29N3O6S. The van der Waals surface area contributed by atoms with Crippen LogP contribution in [0, 0.1) is 0 Å². The number of fused-ring (bicyclic) bond motifs is 1. The first kappa shape index (κ1) is 27.3. The minimum absolute atomic E-state index is 0.0284. The van der Waals surface area contributed by atoms with Crippen LogP contribution in [0.3, 0.4) is 0 Å². The molecule has 0 spiro atoms. The number of carbonyl (C=O) groups excluding carboxylic acids is 2. The van der Waals surface area contributed by atoms with Crippen LogP contribution in [0.4, 0.5) is 10.5 Å². The first-order valence-corrected chi connectivity index (χ1v) is 13.9. The Balaban J connectivity index is 1.33. The molecule has 0 saturated heterocycles. The molecule has 206 valence electrons. The summed E-state index contributed by atoms with van der Waals surface area (Å²) in [5.74, 6) is -1.28. The highest BCUT2D eigenvalue weighted by atomic mass is 32.2. The number of aromatic nitrogens is 2. The fourth-order valence-electron chi connectivity index (χ4n) is 4.77. The zero-order valence-electron chi connectivity index (χ0n) is 21.9. The lowest BCUT2D eigenvalue weighted by atomic mass is 10.0. The van der Waals surface area contributed by atoms with E-state index < -0.39 is 23.1 Å². The third-order valence-electron chi connectivity index (χ3n) is 6.82. The molecule has 1 fully saturated rings. The molecule has 10 heteroatoms. The van der Waals surface area contributed by atoms with Crippen molar-refractivity contribution < 1.29 is 29.0 Å². The molecule has 4 aromatic rings. The van der Waals surface area contributed by atoms with E-state index in [2.05, 4.69) is 10.4 Å². The highest BCUT2D eigenvalue weighted by Crippen LogP contribution is 2.29. The number of aliphatic carboxylic acids is 1. The van der Waals surface area contributed by atoms with Crippen LogP contribution in [0.1, 0.15) is 41.6 Å². The molecule has 0 aliphatic heterocycles. The average molecular weight is 560 g/mol. The van der Waals surface area contributed by atoms with Crippen LogP contribution in [0.2, 0.25) is 0 Å². The molecule has 1 saturated carbocycles. The van der Waals surface area contributed by atoms with Crippen LogP contribution >= 0.6 is 11.8 Å². The summed E-state index contributed by atoms with van der Waals surface area (Å²) < 4.78 is 12.9. The number of rotatable bonds is 10. The lowest BCUT2D eigenvalue weighted by Gasteiger charge is -2.15. The molecule has 40 heavy (non-hydrogen) atoms. The molecular weight excluding hydrogens is 530 g/mol. The number of thioether (sulfide) groups is 1. The van der Waals surface area contributed by atoms with Crippen molar-refractivity contribution in [1.29, 1.82) is 0 Å². The van der Waals surface area contributed by atoms with Crippen LogP contribution in [0.5, 0.6) is 5.75 Å². The zero-order valence-corrected chi connectivity index (χ0v) is 22.7. The number of carbonyl (C=O) groups is 3. The van der Waals surface area contributed by atoms with Crippen LogP contribution in [-0.4, -0.2) is 51.2 Å². The smallest absolute Gasteiger partial charge is 0.411 e. The third kappa shape index (κ3) is 6.28. The maximum atomic E-state index is 13.2. The first-order valence-electron chi connectivity index (χ1n) is 13.0. The number of ether oxygens (including phenoxy) is 2. The minimum Gasteiger partial charge on any atom is -0.496 e. The monoisotopic (exact) mass is 559 g/mol. The molecule has 0 bridgehead atoms. The zero-order chi connectivity index (χ0) is 28.1. The van der Waals surface area contributed by atoms with Gasteiger partial charge in [-0.15, -0.1) is 11.8 Å². The molecule has 0 radical (unpaired) electrons. The van der Waals surface area contributed by atoms with E-state index in [-0.39, 0.29) is 11.7 Å². The number of carboxylic acid groups (broad SMARTS) is 1. The summed E-state index contributed by atoms with van der Waals surface area (Å²) in [4.78, 5) is 38.2. The first-order chi connectivity index (χ1) is 19.4. The molecule has 1 heterocycles. The van der Waals surface area contributed by atoms with E-state index in [1.807, 2.05) is 18.2 Å². The Bertz CT molecular complexity index is 1530. The number of Topliss-reactive ketones (excluding diaryl/α,β-unsaturated/α-hetero) is 1. The van der Waals surface area contributed by atoms with Crippen molar-refractivity contribution in [3.8, 4) is 5.75 Å². The van der Waals surface area contributed by atoms with Gasteiger partial charge in [-0.2, -0.15) is 5.10 Å². The molecule has 3 aromatic carbocycles. The molecule has 1 amide bonds. The quantitative estimate of drug-likeness (QED) is 0.138. The number of methoxy groups -OCH3 is 1. The summed E-state index contributed by atoms with van der Waals surface area (Å²) in [5.41, 5.74) is 2.39. The number of amides is 1. The minimum atomic E-state index is -1.29. The van der Waals surface area contributed by atoms with Crippen molar-refractivity contribution in [3.05, 3.63) is 84.1 Å². The molecule has 1 atom stereocenters. The topological polar surface area (TPSA) is 120 Å². The van der Waals surface area contributed by atoms with E-state index >= 15 is 0 Å². The van der Waals surface area contributed by atoms with Gasteiger partial charge >= 0.3 is 12.1 Å². The largest absolute Gasteiger partial charge is 0.496 e. The van der Waals surface area contributed by atoms with E-state index in [9.17, 15) is 19.5 Å². The second-order valence-corrected chi connectivity index (χ2v) is 10.7. The number of benzene rings is 3. The lowest BCUT2D eigenvalue weighted by Crippen LogP contribution is -2.27. The van der Waals surface area contributed by atoms with E-state index in [0.29, 0.717) is 22.9 Å². The average Bonchev–Trinajstić information content (AvgIpc) is 3.62. The number of nitrogens with zero attached hydrogens (tertiary/aromatic N) is 2. The molecule has 1 unspecified atom stereocenters. The van der Waals surface area contributed by atoms with Gasteiger partial charge in [-0.05, 0) is 62.1 Å². The fourth-order valence-corrected chi connectivity index (χ4v) is 5.70. The predicted octanol–water partition coefficient (Wildman–Crippen LogP) is 6.01. The van der Waals surface area contributed by atoms with Gasteiger partial charge in [0.1, 0.15) is 11.9 Å². The van der Waals surface area contributed by atoms with Crippen molar-refractivity contribution in [1.82, 2.24) is 9.78 Å². The summed E-state index contributed by atoms with van der Waals surface area (Å²) in [6.45, 7) is 0.332. The van der Waals surface area contributed by atoms with Crippen LogP contribution in [0.25, 0.3) is 10.9 Å². The Kier molecular flexibility index (Phi) is 8.35. The second-order valence-electron chi connectivity index (χ2n) is 9.55. The Morgan fingerprint density at radius 3 is 2.58 bits per heavy atom. The standard InChI is InChI=1S/C30H29N3O6S/c1-38-26-15-19(27(34)28(29(35)36)40-24-9-3-2-4-10-24)11-12-21(26)18-33-25-16-22(14-13-20(25)17-31-33)32-30(37)39-23-7-5-6-8-23/h2-4,9-17,23,28H,5-8,18H2,1H3,(H,32,37)(H,35,36). The molecule has 9 nitrogen and oxygen atoms in total. The van der Waals surface area contributed by atoms with Crippen molar-refractivity contribution in [2.24, 2.45) is 0 Å². The maximum absolute atomic E-state index is 13.2. The Labute approximate surface area is 235 Å². The summed E-state index contributed by atoms with van der Waals surface area (Å²) >= 11 is 0.994. The Hall–Kier alpha value is -4.31. The number of nitrogens with one attached hydrogen (secondary N) is 1. The van der Waals surface area contributed by atoms with Crippen molar-refractivity contribution in [2.45, 2.75) is 48.5 Å². The van der Waals surface area contributed by atoms with E-state index in [1.54, 1.807) is 59.4 Å². The predicted molar refractivity (Wildman–Crippen MR) is 152 cm³/mol. The van der Waals surface area contributed by atoms with Crippen molar-refractivity contribution in [2.75, 3.05) is 12.4 Å². The van der Waals surface area contributed by atoms with E-state index in [1.165, 1.54) is 7.11 Å². The number of ketones is 1. The summed E-state index contributed by atoms with van der Waals surface area (Å²) in [6.07, 6.45) is 5.19. The SMILES string of the molecule is COc1cc(C(=O)C(Sc2ccccc2)C(=O)O)ccc1Cn1ncc2ccc(NC(=O)OC3CCCC3)cc21. The van der Waals surface area contributed by atoms with Gasteiger partial charge in [0, 0.05) is 27.1 Å². The number of hydrogen-bond donors (Lipinski definition) is 2. The maximum Gasteiger partial charge on any atom is 0.411 e. The Morgan fingerprint density at radius 2 is 1.85 bits per heavy atom. The van der Waals surface area contributed by atoms with E-state index in [0.717, 1.165) is 53.9 Å². The summed E-state index contributed by atoms with van der Waals surface area (Å²) in [6, 6.07) is 19.4. The van der Waals surface area contributed by atoms with Gasteiger partial charge in [0.15, 0.2) is 11.0 Å². The molecule has 1 aromatic heterocycles. The second kappa shape index (κ2) is 12.3. The number of hydrogen-bond acceptors (Lipinski definition) is 7. The number of anilines is 1. The molecule has 5 rings (SSSR count). The van der Waals surface area contributed by atoms with Crippen LogP contribution in [-0.2, 0) is 16.1 Å². The van der Waals surface area contributed by atoms with Gasteiger partial charge in [0.25, 0.3) is 0 Å². The van der Waals surface area contributed by atoms with Gasteiger partial charge in [-0.3, -0.25) is 19.6 Å². The fraction of sp³-hybridized carbons (Fsp3) is 0.267. The lowest BCUT2D eigenvalue weighted by molar-refractivity contribution is -0.135. The van der Waals surface area contributed by atoms with Gasteiger partial charge in [0.05, 0.1) is 25.4 Å². The summed E-state index contributed by atoms with van der Waals surface area (Å²) in [5, 5.41) is 16.6. The molecule has 1 aliphatic rings. The van der Waals surface area contributed by atoms with E-state index in [4.69, 9.17) is 9.47 Å². The third-order valence-corrected chi connectivity index (χ3v) is 8.01. The van der Waals surface area contributed by atoms with Crippen LogP contribution in [0.15, 0.2) is 77.8 Å². The highest BCUT2D eigenvalue weighted by molar-refractivity contribution is 8.01. The van der Waals surface area contributed by atoms with Crippen molar-refractivity contribution in [3.63, 3.8) is 0 Å². The molecule has 2 N–H and O–H groups in total. The van der Waals surface area contributed by atoms with Gasteiger partial charge in [0.2, 0.25) is 0 Å². The van der Waals surface area contributed by atoms with Gasteiger partial charge < -0.3 is 14.6 Å². The summed E-state index contributed by atoms with van der Waals surface area (Å²) in [7, 11) is 1.50. The van der Waals surface area contributed by atoms with Crippen molar-refractivity contribution >= 4 is 46.2 Å². The molecule has 1 aliphatic carbocycles. The van der Waals surface area contributed by atoms with Crippen LogP contribution < -0.4 is 10.1 Å². The van der Waals surface area contributed by atoms with Gasteiger partial charge in [-0.1, -0.05) is 30.3 Å². The number of carboxylic acids is 1. The Morgan fingerprint density at radius 1 is 1.07 bits per heavy atom.